The van der Waals surface area contributed by atoms with Crippen LogP contribution >= 0.6 is 24.8 Å². The van der Waals surface area contributed by atoms with Gasteiger partial charge in [-0.3, -0.25) is 0 Å². The number of nitrogens with two attached hydrogens (primary N) is 2. The Labute approximate surface area is 176 Å². The molecule has 0 aliphatic heterocycles. The summed E-state index contributed by atoms with van der Waals surface area (Å²) in [5, 5.41) is 0. The van der Waals surface area contributed by atoms with Gasteiger partial charge in [0.15, 0.2) is 0 Å². The lowest BCUT2D eigenvalue weighted by atomic mass is 9.94. The van der Waals surface area contributed by atoms with Crippen LogP contribution in [0.25, 0.3) is 22.3 Å². The van der Waals surface area contributed by atoms with E-state index in [-0.39, 0.29) is 42.5 Å². The number of rotatable bonds is 6. The molecule has 28 heavy (non-hydrogen) atoms. The fourth-order valence-electron chi connectivity index (χ4n) is 2.92. The van der Waals surface area contributed by atoms with Crippen LogP contribution in [0.3, 0.4) is 0 Å². The van der Waals surface area contributed by atoms with E-state index >= 15 is 0 Å². The van der Waals surface area contributed by atoms with Gasteiger partial charge in [-0.2, -0.15) is 0 Å². The molecule has 2 nitrogen and oxygen atoms in total. The molecule has 3 rings (SSSR count). The lowest BCUT2D eigenvalue weighted by Gasteiger charge is -2.13. The summed E-state index contributed by atoms with van der Waals surface area (Å²) in [6.45, 7) is 0.447. The molecule has 0 saturated heterocycles. The summed E-state index contributed by atoms with van der Waals surface area (Å²) >= 11 is 0. The minimum atomic E-state index is -0.266. The van der Waals surface area contributed by atoms with Gasteiger partial charge in [-0.15, -0.1) is 24.8 Å². The van der Waals surface area contributed by atoms with Crippen LogP contribution in [0, 0.1) is 11.6 Å². The zero-order valence-electron chi connectivity index (χ0n) is 15.3. The van der Waals surface area contributed by atoms with E-state index in [0.29, 0.717) is 6.54 Å². The van der Waals surface area contributed by atoms with E-state index in [2.05, 4.69) is 12.1 Å². The quantitative estimate of drug-likeness (QED) is 0.559. The van der Waals surface area contributed by atoms with Crippen LogP contribution in [0.2, 0.25) is 0 Å². The Kier molecular flexibility index (Phi) is 9.56. The van der Waals surface area contributed by atoms with Crippen LogP contribution in [-0.2, 0) is 6.42 Å². The highest BCUT2D eigenvalue weighted by Crippen LogP contribution is 2.29. The Bertz CT molecular complexity index is 805. The SMILES string of the molecule is Cl.Cl.NC[C@H](N)CCc1cc(-c2ccc(F)cc2)cc(-c2ccc(F)cc2)c1. The molecule has 6 heteroatoms. The summed E-state index contributed by atoms with van der Waals surface area (Å²) in [7, 11) is 0. The van der Waals surface area contributed by atoms with Crippen molar-refractivity contribution in [2.75, 3.05) is 6.54 Å². The number of hydrogen-bond acceptors (Lipinski definition) is 2. The molecule has 3 aromatic carbocycles. The van der Waals surface area contributed by atoms with E-state index in [9.17, 15) is 8.78 Å². The molecule has 0 spiro atoms. The summed E-state index contributed by atoms with van der Waals surface area (Å²) in [4.78, 5) is 0. The third-order valence-corrected chi connectivity index (χ3v) is 4.45. The number of halogens is 4. The molecule has 0 saturated carbocycles. The summed E-state index contributed by atoms with van der Waals surface area (Å²) in [6, 6.07) is 19.0. The van der Waals surface area contributed by atoms with Crippen molar-refractivity contribution in [3.63, 3.8) is 0 Å². The second-order valence-corrected chi connectivity index (χ2v) is 6.47. The van der Waals surface area contributed by atoms with Gasteiger partial charge in [0.1, 0.15) is 11.6 Å². The summed E-state index contributed by atoms with van der Waals surface area (Å²) < 4.78 is 26.5. The van der Waals surface area contributed by atoms with Crippen LogP contribution < -0.4 is 11.5 Å². The van der Waals surface area contributed by atoms with Crippen LogP contribution in [0.4, 0.5) is 8.78 Å². The Morgan fingerprint density at radius 2 is 1.11 bits per heavy atom. The van der Waals surface area contributed by atoms with Crippen molar-refractivity contribution < 1.29 is 8.78 Å². The molecule has 0 unspecified atom stereocenters. The Hall–Kier alpha value is -1.98. The fourth-order valence-corrected chi connectivity index (χ4v) is 2.92. The van der Waals surface area contributed by atoms with Crippen LogP contribution in [0.1, 0.15) is 12.0 Å². The Morgan fingerprint density at radius 3 is 1.50 bits per heavy atom. The Morgan fingerprint density at radius 1 is 0.679 bits per heavy atom. The first-order valence-corrected chi connectivity index (χ1v) is 8.66. The van der Waals surface area contributed by atoms with Gasteiger partial charge in [0.05, 0.1) is 0 Å². The van der Waals surface area contributed by atoms with Gasteiger partial charge >= 0.3 is 0 Å². The minimum absolute atomic E-state index is 0. The monoisotopic (exact) mass is 424 g/mol. The van der Waals surface area contributed by atoms with Crippen molar-refractivity contribution in [3.05, 3.63) is 83.9 Å². The van der Waals surface area contributed by atoms with Gasteiger partial charge in [-0.1, -0.05) is 36.4 Å². The molecular weight excluding hydrogens is 401 g/mol. The van der Waals surface area contributed by atoms with Gasteiger partial charge < -0.3 is 11.5 Å². The van der Waals surface area contributed by atoms with Gasteiger partial charge in [0.2, 0.25) is 0 Å². The van der Waals surface area contributed by atoms with E-state index in [1.807, 2.05) is 6.07 Å². The second kappa shape index (κ2) is 11.1. The second-order valence-electron chi connectivity index (χ2n) is 6.47. The normalized spacial score (nSPS) is 11.3. The lowest BCUT2D eigenvalue weighted by molar-refractivity contribution is 0.623. The molecule has 3 aromatic rings. The maximum atomic E-state index is 13.3. The molecular formula is C22H24Cl2F2N2. The third-order valence-electron chi connectivity index (χ3n) is 4.45. The number of hydrogen-bond donors (Lipinski definition) is 2. The zero-order valence-corrected chi connectivity index (χ0v) is 16.9. The highest BCUT2D eigenvalue weighted by atomic mass is 35.5. The first kappa shape index (κ1) is 24.1. The van der Waals surface area contributed by atoms with Crippen LogP contribution in [-0.4, -0.2) is 12.6 Å². The Balaban J connectivity index is 0.00000196. The van der Waals surface area contributed by atoms with E-state index in [4.69, 9.17) is 11.5 Å². The molecule has 0 bridgehead atoms. The van der Waals surface area contributed by atoms with E-state index < -0.39 is 0 Å². The molecule has 0 aliphatic carbocycles. The van der Waals surface area contributed by atoms with Crippen molar-refractivity contribution in [1.82, 2.24) is 0 Å². The predicted octanol–water partition coefficient (Wildman–Crippen LogP) is 5.36. The highest BCUT2D eigenvalue weighted by Gasteiger charge is 2.08. The molecule has 0 fully saturated rings. The average molecular weight is 425 g/mol. The fraction of sp³-hybridized carbons (Fsp3) is 0.182. The van der Waals surface area contributed by atoms with Crippen molar-refractivity contribution in [1.29, 1.82) is 0 Å². The smallest absolute Gasteiger partial charge is 0.123 e. The first-order valence-electron chi connectivity index (χ1n) is 8.66. The summed E-state index contributed by atoms with van der Waals surface area (Å²) in [6.07, 6.45) is 1.58. The standard InChI is InChI=1S/C22H22F2N2.2ClH/c23-20-6-2-16(3-7-20)18-11-15(1-10-22(26)14-25)12-19(13-18)17-4-8-21(24)9-5-17;;/h2-9,11-13,22H,1,10,14,25-26H2;2*1H/t22-;;/m1../s1. The van der Waals surface area contributed by atoms with E-state index in [1.54, 1.807) is 24.3 Å². The van der Waals surface area contributed by atoms with Gasteiger partial charge in [-0.05, 0) is 71.0 Å². The largest absolute Gasteiger partial charge is 0.329 e. The lowest BCUT2D eigenvalue weighted by Crippen LogP contribution is -2.29. The van der Waals surface area contributed by atoms with E-state index in [0.717, 1.165) is 40.7 Å². The molecule has 0 radical (unpaired) electrons. The van der Waals surface area contributed by atoms with Crippen LogP contribution in [0.15, 0.2) is 66.7 Å². The van der Waals surface area contributed by atoms with Crippen molar-refractivity contribution >= 4 is 24.8 Å². The van der Waals surface area contributed by atoms with Crippen LogP contribution in [0.5, 0.6) is 0 Å². The van der Waals surface area contributed by atoms with Gasteiger partial charge in [-0.25, -0.2) is 8.78 Å². The minimum Gasteiger partial charge on any atom is -0.329 e. The van der Waals surface area contributed by atoms with Crippen molar-refractivity contribution in [2.24, 2.45) is 11.5 Å². The summed E-state index contributed by atoms with van der Waals surface area (Å²) in [5.74, 6) is -0.532. The van der Waals surface area contributed by atoms with Gasteiger partial charge in [0.25, 0.3) is 0 Å². The maximum Gasteiger partial charge on any atom is 0.123 e. The topological polar surface area (TPSA) is 52.0 Å². The molecule has 150 valence electrons. The zero-order chi connectivity index (χ0) is 18.5. The number of aryl methyl sites for hydroxylation is 1. The molecule has 0 amide bonds. The van der Waals surface area contributed by atoms with Gasteiger partial charge in [0, 0.05) is 12.6 Å². The molecule has 4 N–H and O–H groups in total. The molecule has 0 heterocycles. The molecule has 1 atom stereocenters. The highest BCUT2D eigenvalue weighted by molar-refractivity contribution is 5.85. The average Bonchev–Trinajstić information content (AvgIpc) is 2.67. The first-order chi connectivity index (χ1) is 12.5. The van der Waals surface area contributed by atoms with Crippen molar-refractivity contribution in [2.45, 2.75) is 18.9 Å². The molecule has 0 aromatic heterocycles. The third kappa shape index (κ3) is 6.28. The molecule has 0 aliphatic rings. The maximum absolute atomic E-state index is 13.3. The number of benzene rings is 3. The van der Waals surface area contributed by atoms with Crippen molar-refractivity contribution in [3.8, 4) is 22.3 Å². The van der Waals surface area contributed by atoms with E-state index in [1.165, 1.54) is 24.3 Å². The predicted molar refractivity (Wildman–Crippen MR) is 117 cm³/mol. The summed E-state index contributed by atoms with van der Waals surface area (Å²) in [5.41, 5.74) is 16.5.